The van der Waals surface area contributed by atoms with Crippen molar-refractivity contribution < 1.29 is 9.53 Å². The molecule has 0 radical (unpaired) electrons. The van der Waals surface area contributed by atoms with E-state index in [1.807, 2.05) is 30.3 Å². The smallest absolute Gasteiger partial charge is 0.357 e. The van der Waals surface area contributed by atoms with Gasteiger partial charge in [0.1, 0.15) is 6.07 Å². The van der Waals surface area contributed by atoms with Crippen molar-refractivity contribution >= 4 is 17.3 Å². The van der Waals surface area contributed by atoms with E-state index in [9.17, 15) is 10.1 Å². The number of hydrogen-bond donors (Lipinski definition) is 1. The number of nitriles is 1. The van der Waals surface area contributed by atoms with Crippen LogP contribution in [0.2, 0.25) is 0 Å². The number of ether oxygens (including phenoxy) is 1. The van der Waals surface area contributed by atoms with Gasteiger partial charge in [-0.25, -0.2) is 4.79 Å². The molecule has 4 rings (SSSR count). The summed E-state index contributed by atoms with van der Waals surface area (Å²) in [5.74, 6) is -0.569. The van der Waals surface area contributed by atoms with Gasteiger partial charge in [0.2, 0.25) is 0 Å². The highest BCUT2D eigenvalue weighted by molar-refractivity contribution is 5.96. The monoisotopic (exact) mass is 389 g/mol. The summed E-state index contributed by atoms with van der Waals surface area (Å²) in [4.78, 5) is 14.5. The molecule has 0 amide bonds. The van der Waals surface area contributed by atoms with Gasteiger partial charge in [-0.3, -0.25) is 0 Å². The van der Waals surface area contributed by atoms with E-state index in [0.29, 0.717) is 6.04 Å². The number of aromatic nitrogens is 2. The largest absolute Gasteiger partial charge is 0.464 e. The highest BCUT2D eigenvalue weighted by Crippen LogP contribution is 2.29. The summed E-state index contributed by atoms with van der Waals surface area (Å²) in [5, 5.41) is 9.26. The highest BCUT2D eigenvalue weighted by Gasteiger charge is 2.23. The number of carbonyl (C=O) groups is 1. The van der Waals surface area contributed by atoms with Crippen LogP contribution in [0.1, 0.15) is 34.9 Å². The Kier molecular flexibility index (Phi) is 5.00. The topological polar surface area (TPSA) is 89.2 Å². The second-order valence-corrected chi connectivity index (χ2v) is 7.14. The van der Waals surface area contributed by atoms with Crippen molar-refractivity contribution in [2.45, 2.75) is 18.9 Å². The molecular weight excluding hydrogens is 366 g/mol. The lowest BCUT2D eigenvalue weighted by molar-refractivity contribution is 0.0593. The molecule has 7 nitrogen and oxygen atoms in total. The second-order valence-electron chi connectivity index (χ2n) is 7.14. The first-order chi connectivity index (χ1) is 14.1. The number of rotatable bonds is 4. The number of esters is 1. The van der Waals surface area contributed by atoms with Gasteiger partial charge < -0.3 is 24.5 Å². The number of anilines is 2. The molecule has 0 bridgehead atoms. The molecule has 1 aromatic carbocycles. The first kappa shape index (κ1) is 18.7. The summed E-state index contributed by atoms with van der Waals surface area (Å²) in [6, 6.07) is 14.6. The fourth-order valence-corrected chi connectivity index (χ4v) is 3.96. The lowest BCUT2D eigenvalue weighted by atomic mass is 10.0. The SMILES string of the molecule is COC(=O)c1c(N)c(C#N)cn1-c1ccc(N2CCC(n3cccc3)CC2)cc1. The van der Waals surface area contributed by atoms with Gasteiger partial charge in [0.15, 0.2) is 5.69 Å². The number of methoxy groups -OCH3 is 1. The molecule has 1 saturated heterocycles. The summed E-state index contributed by atoms with van der Waals surface area (Å²) in [5.41, 5.74) is 8.42. The van der Waals surface area contributed by atoms with Crippen LogP contribution in [0.5, 0.6) is 0 Å². The number of piperidine rings is 1. The molecule has 7 heteroatoms. The van der Waals surface area contributed by atoms with E-state index in [1.54, 1.807) is 10.8 Å². The summed E-state index contributed by atoms with van der Waals surface area (Å²) < 4.78 is 8.74. The van der Waals surface area contributed by atoms with E-state index >= 15 is 0 Å². The molecule has 3 aromatic rings. The van der Waals surface area contributed by atoms with E-state index < -0.39 is 5.97 Å². The number of hydrogen-bond acceptors (Lipinski definition) is 5. The zero-order valence-corrected chi connectivity index (χ0v) is 16.3. The van der Waals surface area contributed by atoms with Crippen molar-refractivity contribution in [3.05, 3.63) is 66.2 Å². The predicted octanol–water partition coefficient (Wildman–Crippen LogP) is 3.36. The van der Waals surface area contributed by atoms with Gasteiger partial charge in [-0.1, -0.05) is 0 Å². The van der Waals surface area contributed by atoms with E-state index in [2.05, 4.69) is 34.0 Å². The van der Waals surface area contributed by atoms with Crippen molar-refractivity contribution in [2.24, 2.45) is 0 Å². The molecule has 1 fully saturated rings. The number of benzene rings is 1. The lowest BCUT2D eigenvalue weighted by Crippen LogP contribution is -2.34. The van der Waals surface area contributed by atoms with Crippen LogP contribution < -0.4 is 10.6 Å². The van der Waals surface area contributed by atoms with Crippen molar-refractivity contribution in [1.29, 1.82) is 5.26 Å². The van der Waals surface area contributed by atoms with Gasteiger partial charge in [0.05, 0.1) is 18.4 Å². The van der Waals surface area contributed by atoms with Crippen LogP contribution in [0.15, 0.2) is 55.0 Å². The van der Waals surface area contributed by atoms with Crippen molar-refractivity contribution in [3.8, 4) is 11.8 Å². The van der Waals surface area contributed by atoms with Crippen molar-refractivity contribution in [1.82, 2.24) is 9.13 Å². The van der Waals surface area contributed by atoms with Crippen LogP contribution in [-0.2, 0) is 4.74 Å². The van der Waals surface area contributed by atoms with Crippen LogP contribution in [-0.4, -0.2) is 35.3 Å². The summed E-state index contributed by atoms with van der Waals surface area (Å²) in [6.07, 6.45) is 8.03. The highest BCUT2D eigenvalue weighted by atomic mass is 16.5. The minimum absolute atomic E-state index is 0.135. The fourth-order valence-electron chi connectivity index (χ4n) is 3.96. The van der Waals surface area contributed by atoms with Crippen LogP contribution in [0.4, 0.5) is 11.4 Å². The quantitative estimate of drug-likeness (QED) is 0.691. The zero-order chi connectivity index (χ0) is 20.4. The van der Waals surface area contributed by atoms with Crippen LogP contribution in [0.3, 0.4) is 0 Å². The molecule has 29 heavy (non-hydrogen) atoms. The molecule has 0 aliphatic carbocycles. The lowest BCUT2D eigenvalue weighted by Gasteiger charge is -2.34. The molecule has 0 spiro atoms. The molecule has 0 saturated carbocycles. The molecule has 1 aliphatic rings. The summed E-state index contributed by atoms with van der Waals surface area (Å²) in [6.45, 7) is 1.98. The Morgan fingerprint density at radius 3 is 2.34 bits per heavy atom. The Hall–Kier alpha value is -3.66. The minimum Gasteiger partial charge on any atom is -0.464 e. The van der Waals surface area contributed by atoms with Gasteiger partial charge >= 0.3 is 5.97 Å². The average molecular weight is 389 g/mol. The first-order valence-corrected chi connectivity index (χ1v) is 9.59. The number of carbonyl (C=O) groups excluding carboxylic acids is 1. The van der Waals surface area contributed by atoms with Gasteiger partial charge in [-0.15, -0.1) is 0 Å². The Balaban J connectivity index is 1.53. The van der Waals surface area contributed by atoms with Gasteiger partial charge in [0.25, 0.3) is 0 Å². The van der Waals surface area contributed by atoms with Gasteiger partial charge in [-0.2, -0.15) is 5.26 Å². The molecule has 1 aliphatic heterocycles. The summed E-state index contributed by atoms with van der Waals surface area (Å²) in [7, 11) is 1.30. The van der Waals surface area contributed by atoms with Crippen LogP contribution >= 0.6 is 0 Å². The summed E-state index contributed by atoms with van der Waals surface area (Å²) >= 11 is 0. The third-order valence-corrected chi connectivity index (χ3v) is 5.55. The molecule has 0 atom stereocenters. The molecule has 3 heterocycles. The maximum atomic E-state index is 12.2. The van der Waals surface area contributed by atoms with Gasteiger partial charge in [0, 0.05) is 49.1 Å². The number of nitrogens with zero attached hydrogens (tertiary/aromatic N) is 4. The zero-order valence-electron chi connectivity index (χ0n) is 16.3. The van der Waals surface area contributed by atoms with Crippen LogP contribution in [0.25, 0.3) is 5.69 Å². The standard InChI is InChI=1S/C22H23N5O2/c1-29-22(28)21-20(24)16(14-23)15-27(21)19-6-4-17(5-7-19)26-12-8-18(9-13-26)25-10-2-3-11-25/h2-7,10-11,15,18H,8-9,12-13,24H2,1H3. The normalized spacial score (nSPS) is 14.6. The van der Waals surface area contributed by atoms with E-state index in [4.69, 9.17) is 10.5 Å². The maximum absolute atomic E-state index is 12.2. The van der Waals surface area contributed by atoms with Crippen LogP contribution in [0, 0.1) is 11.3 Å². The third kappa shape index (κ3) is 3.45. The Morgan fingerprint density at radius 1 is 1.14 bits per heavy atom. The Labute approximate surface area is 169 Å². The Bertz CT molecular complexity index is 1040. The molecule has 2 N–H and O–H groups in total. The number of nitrogen functional groups attached to an aromatic ring is 1. The van der Waals surface area contributed by atoms with E-state index in [-0.39, 0.29) is 16.9 Å². The number of nitrogens with two attached hydrogens (primary N) is 1. The molecule has 2 aromatic heterocycles. The molecule has 148 valence electrons. The Morgan fingerprint density at radius 2 is 1.76 bits per heavy atom. The second kappa shape index (κ2) is 7.76. The third-order valence-electron chi connectivity index (χ3n) is 5.55. The minimum atomic E-state index is -0.569. The van der Waals surface area contributed by atoms with Crippen molar-refractivity contribution in [2.75, 3.05) is 30.8 Å². The first-order valence-electron chi connectivity index (χ1n) is 9.59. The van der Waals surface area contributed by atoms with Gasteiger partial charge in [-0.05, 0) is 49.2 Å². The average Bonchev–Trinajstić information content (AvgIpc) is 3.41. The fraction of sp³-hybridized carbons (Fsp3) is 0.273. The molecular formula is C22H23N5O2. The molecule has 0 unspecified atom stereocenters. The predicted molar refractivity (Wildman–Crippen MR) is 111 cm³/mol. The van der Waals surface area contributed by atoms with Crippen molar-refractivity contribution in [3.63, 3.8) is 0 Å². The van der Waals surface area contributed by atoms with E-state index in [0.717, 1.165) is 37.3 Å². The van der Waals surface area contributed by atoms with E-state index in [1.165, 1.54) is 7.11 Å². The maximum Gasteiger partial charge on any atom is 0.357 e.